The molecule has 0 N–H and O–H groups in total. The quantitative estimate of drug-likeness (QED) is 0.677. The Bertz CT molecular complexity index is 718. The Kier molecular flexibility index (Phi) is 5.60. The Balaban J connectivity index is 1.86. The highest BCUT2D eigenvalue weighted by molar-refractivity contribution is 5.31. The van der Waals surface area contributed by atoms with Crippen LogP contribution in [-0.2, 0) is 6.42 Å². The molecule has 0 bridgehead atoms. The minimum atomic E-state index is 0.424. The number of methoxy groups -OCH3 is 1. The molecule has 2 atom stereocenters. The van der Waals surface area contributed by atoms with Crippen molar-refractivity contribution >= 4 is 0 Å². The molecule has 2 heteroatoms. The summed E-state index contributed by atoms with van der Waals surface area (Å²) in [6.45, 7) is 8.07. The minimum Gasteiger partial charge on any atom is -0.497 e. The summed E-state index contributed by atoms with van der Waals surface area (Å²) in [4.78, 5) is 2.67. The van der Waals surface area contributed by atoms with E-state index in [1.54, 1.807) is 12.7 Å². The van der Waals surface area contributed by atoms with E-state index < -0.39 is 0 Å². The fraction of sp³-hybridized carbons (Fsp3) is 0.391. The topological polar surface area (TPSA) is 12.5 Å². The van der Waals surface area contributed by atoms with Crippen LogP contribution >= 0.6 is 0 Å². The van der Waals surface area contributed by atoms with Gasteiger partial charge in [-0.15, -0.1) is 0 Å². The van der Waals surface area contributed by atoms with Gasteiger partial charge in [-0.2, -0.15) is 0 Å². The first-order chi connectivity index (χ1) is 12.1. The van der Waals surface area contributed by atoms with Crippen molar-refractivity contribution in [2.75, 3.05) is 13.7 Å². The molecule has 25 heavy (non-hydrogen) atoms. The fourth-order valence-electron chi connectivity index (χ4n) is 3.82. The Hall–Kier alpha value is -2.06. The van der Waals surface area contributed by atoms with Crippen molar-refractivity contribution in [1.29, 1.82) is 0 Å². The number of benzene rings is 2. The van der Waals surface area contributed by atoms with Gasteiger partial charge in [-0.25, -0.2) is 0 Å². The van der Waals surface area contributed by atoms with Gasteiger partial charge in [-0.3, -0.25) is 4.90 Å². The van der Waals surface area contributed by atoms with Crippen molar-refractivity contribution < 1.29 is 4.74 Å². The Morgan fingerprint density at radius 2 is 1.72 bits per heavy atom. The SMILES string of the molecule is COc1ccc(C[C@@H]2C(C)=C(C)CCN2[C@H](C)c2ccccc2)cc1. The maximum Gasteiger partial charge on any atom is 0.118 e. The van der Waals surface area contributed by atoms with Crippen molar-refractivity contribution in [2.45, 2.75) is 45.7 Å². The number of nitrogens with zero attached hydrogens (tertiary/aromatic N) is 1. The van der Waals surface area contributed by atoms with Gasteiger partial charge >= 0.3 is 0 Å². The average Bonchev–Trinajstić information content (AvgIpc) is 2.66. The summed E-state index contributed by atoms with van der Waals surface area (Å²) in [5, 5.41) is 0. The molecule has 0 spiro atoms. The van der Waals surface area contributed by atoms with Crippen molar-refractivity contribution in [3.8, 4) is 5.75 Å². The van der Waals surface area contributed by atoms with Gasteiger partial charge < -0.3 is 4.74 Å². The molecule has 1 aliphatic rings. The van der Waals surface area contributed by atoms with Crippen LogP contribution in [0.2, 0.25) is 0 Å². The molecule has 0 saturated carbocycles. The van der Waals surface area contributed by atoms with Crippen molar-refractivity contribution in [3.05, 3.63) is 76.9 Å². The van der Waals surface area contributed by atoms with Gasteiger partial charge in [-0.1, -0.05) is 53.6 Å². The molecule has 2 nitrogen and oxygen atoms in total. The average molecular weight is 335 g/mol. The van der Waals surface area contributed by atoms with Gasteiger partial charge in [0, 0.05) is 18.6 Å². The molecule has 3 rings (SSSR count). The van der Waals surface area contributed by atoms with Gasteiger partial charge in [0.05, 0.1) is 7.11 Å². The van der Waals surface area contributed by atoms with Crippen molar-refractivity contribution in [2.24, 2.45) is 0 Å². The van der Waals surface area contributed by atoms with Crippen LogP contribution in [0, 0.1) is 0 Å². The smallest absolute Gasteiger partial charge is 0.118 e. The van der Waals surface area contributed by atoms with E-state index in [-0.39, 0.29) is 0 Å². The highest BCUT2D eigenvalue weighted by atomic mass is 16.5. The lowest BCUT2D eigenvalue weighted by molar-refractivity contribution is 0.153. The van der Waals surface area contributed by atoms with Crippen LogP contribution in [0.3, 0.4) is 0 Å². The van der Waals surface area contributed by atoms with Crippen LogP contribution in [0.25, 0.3) is 0 Å². The van der Waals surface area contributed by atoms with Gasteiger partial charge in [0.1, 0.15) is 5.75 Å². The van der Waals surface area contributed by atoms with E-state index in [9.17, 15) is 0 Å². The lowest BCUT2D eigenvalue weighted by Gasteiger charge is -2.41. The number of hydrogen-bond donors (Lipinski definition) is 0. The third-order valence-corrected chi connectivity index (χ3v) is 5.69. The van der Waals surface area contributed by atoms with Crippen LogP contribution in [0.4, 0.5) is 0 Å². The lowest BCUT2D eigenvalue weighted by Crippen LogP contribution is -2.43. The summed E-state index contributed by atoms with van der Waals surface area (Å²) in [7, 11) is 1.72. The maximum atomic E-state index is 5.29. The highest BCUT2D eigenvalue weighted by Crippen LogP contribution is 2.33. The zero-order valence-electron chi connectivity index (χ0n) is 15.8. The third-order valence-electron chi connectivity index (χ3n) is 5.69. The number of ether oxygens (including phenoxy) is 1. The van der Waals surface area contributed by atoms with E-state index in [1.807, 2.05) is 0 Å². The molecule has 0 unspecified atom stereocenters. The second-order valence-corrected chi connectivity index (χ2v) is 7.11. The predicted octanol–water partition coefficient (Wildman–Crippen LogP) is 5.41. The van der Waals surface area contributed by atoms with E-state index in [4.69, 9.17) is 4.74 Å². The first-order valence-electron chi connectivity index (χ1n) is 9.20. The molecule has 0 aliphatic carbocycles. The van der Waals surface area contributed by atoms with E-state index in [0.29, 0.717) is 12.1 Å². The molecule has 2 aromatic rings. The highest BCUT2D eigenvalue weighted by Gasteiger charge is 2.29. The zero-order chi connectivity index (χ0) is 17.8. The summed E-state index contributed by atoms with van der Waals surface area (Å²) in [5.41, 5.74) is 5.85. The Morgan fingerprint density at radius 1 is 1.04 bits per heavy atom. The molecule has 0 amide bonds. The zero-order valence-corrected chi connectivity index (χ0v) is 15.8. The normalized spacial score (nSPS) is 19.8. The number of hydrogen-bond acceptors (Lipinski definition) is 2. The molecule has 2 aromatic carbocycles. The molecule has 0 saturated heterocycles. The van der Waals surface area contributed by atoms with E-state index >= 15 is 0 Å². The van der Waals surface area contributed by atoms with E-state index in [0.717, 1.165) is 18.7 Å². The second-order valence-electron chi connectivity index (χ2n) is 7.11. The third kappa shape index (κ3) is 3.96. The molecule has 0 radical (unpaired) electrons. The minimum absolute atomic E-state index is 0.424. The van der Waals surface area contributed by atoms with Gasteiger partial charge in [0.25, 0.3) is 0 Å². The Morgan fingerprint density at radius 3 is 2.36 bits per heavy atom. The molecule has 1 aliphatic heterocycles. The largest absolute Gasteiger partial charge is 0.497 e. The first-order valence-corrected chi connectivity index (χ1v) is 9.20. The molecule has 0 aromatic heterocycles. The number of rotatable bonds is 5. The molecule has 132 valence electrons. The molecular weight excluding hydrogens is 306 g/mol. The summed E-state index contributed by atoms with van der Waals surface area (Å²) >= 11 is 0. The summed E-state index contributed by atoms with van der Waals surface area (Å²) in [5.74, 6) is 0.922. The summed E-state index contributed by atoms with van der Waals surface area (Å²) < 4.78 is 5.29. The molecule has 1 heterocycles. The molecule has 0 fully saturated rings. The predicted molar refractivity (Wildman–Crippen MR) is 105 cm³/mol. The van der Waals surface area contributed by atoms with Gasteiger partial charge in [0.2, 0.25) is 0 Å². The summed E-state index contributed by atoms with van der Waals surface area (Å²) in [6, 6.07) is 20.3. The lowest BCUT2D eigenvalue weighted by atomic mass is 9.88. The van der Waals surface area contributed by atoms with E-state index in [2.05, 4.69) is 80.3 Å². The van der Waals surface area contributed by atoms with Crippen LogP contribution in [0.5, 0.6) is 5.75 Å². The maximum absolute atomic E-state index is 5.29. The molecular formula is C23H29NO. The fourth-order valence-corrected chi connectivity index (χ4v) is 3.82. The first kappa shape index (κ1) is 17.8. The van der Waals surface area contributed by atoms with Crippen LogP contribution in [0.1, 0.15) is 44.4 Å². The van der Waals surface area contributed by atoms with Crippen LogP contribution < -0.4 is 4.74 Å². The Labute approximate surface area is 152 Å². The van der Waals surface area contributed by atoms with Gasteiger partial charge in [0.15, 0.2) is 0 Å². The van der Waals surface area contributed by atoms with Crippen molar-refractivity contribution in [1.82, 2.24) is 4.90 Å². The van der Waals surface area contributed by atoms with Gasteiger partial charge in [-0.05, 0) is 56.9 Å². The second kappa shape index (κ2) is 7.88. The summed E-state index contributed by atoms with van der Waals surface area (Å²) in [6.07, 6.45) is 2.21. The standard InChI is InChI=1S/C23H29NO/c1-17-14-15-24(19(3)21-8-6-5-7-9-21)23(18(17)2)16-20-10-12-22(25-4)13-11-20/h5-13,19,23H,14-16H2,1-4H3/t19-,23-/m1/s1. The monoisotopic (exact) mass is 335 g/mol. The van der Waals surface area contributed by atoms with Crippen LogP contribution in [-0.4, -0.2) is 24.6 Å². The van der Waals surface area contributed by atoms with Crippen molar-refractivity contribution in [3.63, 3.8) is 0 Å². The van der Waals surface area contributed by atoms with E-state index in [1.165, 1.54) is 23.1 Å². The van der Waals surface area contributed by atoms with Crippen LogP contribution in [0.15, 0.2) is 65.7 Å².